The fourth-order valence-electron chi connectivity index (χ4n) is 3.03. The summed E-state index contributed by atoms with van der Waals surface area (Å²) in [6.07, 6.45) is 3.31. The van der Waals surface area contributed by atoms with Gasteiger partial charge in [0.2, 0.25) is 0 Å². The second-order valence-electron chi connectivity index (χ2n) is 5.39. The van der Waals surface area contributed by atoms with Crippen LogP contribution in [0.5, 0.6) is 0 Å². The zero-order valence-corrected chi connectivity index (χ0v) is 12.5. The van der Waals surface area contributed by atoms with Gasteiger partial charge < -0.3 is 5.32 Å². The number of nitrogens with one attached hydrogen (secondary N) is 1. The highest BCUT2D eigenvalue weighted by Gasteiger charge is 2.20. The third kappa shape index (κ3) is 2.68. The van der Waals surface area contributed by atoms with Crippen molar-refractivity contribution in [3.8, 4) is 0 Å². The van der Waals surface area contributed by atoms with Crippen LogP contribution in [0, 0.1) is 11.6 Å². The van der Waals surface area contributed by atoms with E-state index in [9.17, 15) is 8.78 Å². The van der Waals surface area contributed by atoms with Crippen molar-refractivity contribution in [3.63, 3.8) is 0 Å². The van der Waals surface area contributed by atoms with E-state index in [0.29, 0.717) is 0 Å². The van der Waals surface area contributed by atoms with E-state index in [-0.39, 0.29) is 16.6 Å². The van der Waals surface area contributed by atoms with Crippen LogP contribution < -0.4 is 5.32 Å². The topological polar surface area (TPSA) is 12.0 Å². The first kappa shape index (κ1) is 14.5. The molecule has 0 radical (unpaired) electrons. The highest BCUT2D eigenvalue weighted by Crippen LogP contribution is 2.31. The van der Waals surface area contributed by atoms with Crippen molar-refractivity contribution in [1.82, 2.24) is 5.32 Å². The van der Waals surface area contributed by atoms with Crippen molar-refractivity contribution in [1.29, 1.82) is 0 Å². The average molecular weight is 308 g/mol. The van der Waals surface area contributed by atoms with Gasteiger partial charge in [0, 0.05) is 5.56 Å². The number of hydrogen-bond donors (Lipinski definition) is 1. The Morgan fingerprint density at radius 1 is 1.05 bits per heavy atom. The molecule has 0 bridgehead atoms. The molecule has 0 saturated carbocycles. The first-order valence-corrected chi connectivity index (χ1v) is 7.41. The van der Waals surface area contributed by atoms with Gasteiger partial charge in [0.25, 0.3) is 0 Å². The highest BCUT2D eigenvalue weighted by atomic mass is 35.5. The molecule has 0 heterocycles. The lowest BCUT2D eigenvalue weighted by Gasteiger charge is -2.19. The van der Waals surface area contributed by atoms with Crippen molar-refractivity contribution in [2.24, 2.45) is 0 Å². The minimum atomic E-state index is -0.602. The van der Waals surface area contributed by atoms with E-state index in [2.05, 4.69) is 17.4 Å². The van der Waals surface area contributed by atoms with Gasteiger partial charge in [-0.15, -0.1) is 0 Å². The normalized spacial score (nSPS) is 15.0. The molecule has 3 rings (SSSR count). The number of benzene rings is 2. The molecule has 4 heteroatoms. The van der Waals surface area contributed by atoms with Crippen LogP contribution in [0.4, 0.5) is 8.78 Å². The second kappa shape index (κ2) is 5.74. The van der Waals surface area contributed by atoms with E-state index in [1.165, 1.54) is 17.2 Å². The first-order valence-electron chi connectivity index (χ1n) is 7.03. The molecule has 0 saturated heterocycles. The van der Waals surface area contributed by atoms with Crippen molar-refractivity contribution >= 4 is 11.6 Å². The largest absolute Gasteiger partial charge is 0.309 e. The Labute approximate surface area is 127 Å². The Kier molecular flexibility index (Phi) is 3.96. The van der Waals surface area contributed by atoms with Gasteiger partial charge in [-0.3, -0.25) is 0 Å². The summed E-state index contributed by atoms with van der Waals surface area (Å²) in [7, 11) is 1.74. The Balaban J connectivity index is 2.04. The van der Waals surface area contributed by atoms with Gasteiger partial charge in [-0.25, -0.2) is 8.78 Å². The van der Waals surface area contributed by atoms with Crippen LogP contribution in [0.2, 0.25) is 5.02 Å². The van der Waals surface area contributed by atoms with Gasteiger partial charge in [-0.2, -0.15) is 0 Å². The maximum absolute atomic E-state index is 14.1. The smallest absolute Gasteiger partial charge is 0.142 e. The molecule has 1 aliphatic carbocycles. The molecule has 1 unspecified atom stereocenters. The monoisotopic (exact) mass is 307 g/mol. The highest BCUT2D eigenvalue weighted by molar-refractivity contribution is 6.30. The fourth-order valence-corrected chi connectivity index (χ4v) is 3.18. The molecule has 1 N–H and O–H groups in total. The summed E-state index contributed by atoms with van der Waals surface area (Å²) < 4.78 is 27.8. The molecule has 2 aromatic carbocycles. The predicted molar refractivity (Wildman–Crippen MR) is 80.7 cm³/mol. The van der Waals surface area contributed by atoms with Gasteiger partial charge in [-0.05, 0) is 55.1 Å². The van der Waals surface area contributed by atoms with Crippen LogP contribution >= 0.6 is 11.6 Å². The molecule has 0 aliphatic heterocycles. The lowest BCUT2D eigenvalue weighted by Crippen LogP contribution is -2.19. The van der Waals surface area contributed by atoms with E-state index < -0.39 is 11.6 Å². The zero-order valence-electron chi connectivity index (χ0n) is 11.7. The lowest BCUT2D eigenvalue weighted by atomic mass is 9.95. The van der Waals surface area contributed by atoms with Crippen molar-refractivity contribution in [3.05, 3.63) is 69.2 Å². The Bertz CT molecular complexity index is 685. The van der Waals surface area contributed by atoms with E-state index in [4.69, 9.17) is 11.6 Å². The molecule has 1 nitrogen and oxygen atoms in total. The first-order chi connectivity index (χ1) is 10.1. The number of aryl methyl sites for hydroxylation is 2. The predicted octanol–water partition coefficient (Wildman–Crippen LogP) is 4.42. The summed E-state index contributed by atoms with van der Waals surface area (Å²) in [4.78, 5) is 0. The molecule has 0 aromatic heterocycles. The summed E-state index contributed by atoms with van der Waals surface area (Å²) >= 11 is 5.62. The van der Waals surface area contributed by atoms with Crippen LogP contribution in [0.25, 0.3) is 0 Å². The molecule has 0 fully saturated rings. The van der Waals surface area contributed by atoms with E-state index in [1.54, 1.807) is 7.05 Å². The SMILES string of the molecule is CNC(c1ccc2c(c1)CCC2)c1cc(F)c(Cl)cc1F. The molecular formula is C17H16ClF2N. The van der Waals surface area contributed by atoms with Crippen molar-refractivity contribution in [2.45, 2.75) is 25.3 Å². The van der Waals surface area contributed by atoms with Crippen LogP contribution in [-0.2, 0) is 12.8 Å². The molecule has 1 atom stereocenters. The number of rotatable bonds is 3. The van der Waals surface area contributed by atoms with Gasteiger partial charge in [0.1, 0.15) is 11.6 Å². The molecule has 21 heavy (non-hydrogen) atoms. The van der Waals surface area contributed by atoms with Crippen molar-refractivity contribution in [2.75, 3.05) is 7.05 Å². The Hall–Kier alpha value is -1.45. The zero-order chi connectivity index (χ0) is 15.0. The standard InChI is InChI=1S/C17H16ClF2N/c1-21-17(13-8-16(20)14(18)9-15(13)19)12-6-5-10-3-2-4-11(10)7-12/h5-9,17,21H,2-4H2,1H3. The summed E-state index contributed by atoms with van der Waals surface area (Å²) in [5.74, 6) is -1.10. The third-order valence-corrected chi connectivity index (χ3v) is 4.38. The van der Waals surface area contributed by atoms with Crippen LogP contribution in [-0.4, -0.2) is 7.05 Å². The molecule has 110 valence electrons. The fraction of sp³-hybridized carbons (Fsp3) is 0.294. The van der Waals surface area contributed by atoms with E-state index in [0.717, 1.165) is 30.9 Å². The number of fused-ring (bicyclic) bond motifs is 1. The van der Waals surface area contributed by atoms with Crippen LogP contribution in [0.3, 0.4) is 0 Å². The van der Waals surface area contributed by atoms with Gasteiger partial charge >= 0.3 is 0 Å². The molecule has 2 aromatic rings. The third-order valence-electron chi connectivity index (χ3n) is 4.10. The van der Waals surface area contributed by atoms with Crippen molar-refractivity contribution < 1.29 is 8.78 Å². The second-order valence-corrected chi connectivity index (χ2v) is 5.80. The van der Waals surface area contributed by atoms with Gasteiger partial charge in [0.15, 0.2) is 0 Å². The van der Waals surface area contributed by atoms with Gasteiger partial charge in [-0.1, -0.05) is 29.8 Å². The quantitative estimate of drug-likeness (QED) is 0.828. The number of hydrogen-bond acceptors (Lipinski definition) is 1. The van der Waals surface area contributed by atoms with Crippen LogP contribution in [0.1, 0.15) is 34.7 Å². The maximum atomic E-state index is 14.1. The summed E-state index contributed by atoms with van der Waals surface area (Å²) in [5.41, 5.74) is 3.88. The lowest BCUT2D eigenvalue weighted by molar-refractivity contribution is 0.558. The molecule has 1 aliphatic rings. The summed E-state index contributed by atoms with van der Waals surface area (Å²) in [6.45, 7) is 0. The maximum Gasteiger partial charge on any atom is 0.142 e. The minimum absolute atomic E-state index is 0.194. The Morgan fingerprint density at radius 3 is 2.57 bits per heavy atom. The molecular weight excluding hydrogens is 292 g/mol. The molecule has 0 spiro atoms. The van der Waals surface area contributed by atoms with E-state index >= 15 is 0 Å². The summed E-state index contributed by atoms with van der Waals surface area (Å²) in [5, 5.41) is 2.87. The number of halogens is 3. The molecule has 0 amide bonds. The van der Waals surface area contributed by atoms with E-state index in [1.807, 2.05) is 6.07 Å². The minimum Gasteiger partial charge on any atom is -0.309 e. The average Bonchev–Trinajstić information content (AvgIpc) is 2.92. The van der Waals surface area contributed by atoms with Gasteiger partial charge in [0.05, 0.1) is 11.1 Å². The Morgan fingerprint density at radius 2 is 1.81 bits per heavy atom. The van der Waals surface area contributed by atoms with Crippen LogP contribution in [0.15, 0.2) is 30.3 Å². The summed E-state index contributed by atoms with van der Waals surface area (Å²) in [6, 6.07) is 7.98.